The van der Waals surface area contributed by atoms with Gasteiger partial charge in [-0.25, -0.2) is 8.42 Å². The van der Waals surface area contributed by atoms with Crippen LogP contribution in [0.4, 0.5) is 5.82 Å². The summed E-state index contributed by atoms with van der Waals surface area (Å²) in [5.41, 5.74) is 3.46. The molecule has 33 heavy (non-hydrogen) atoms. The molecular formula is C21H20ClN5O5S. The van der Waals surface area contributed by atoms with Crippen LogP contribution in [-0.2, 0) is 29.7 Å². The Kier molecular flexibility index (Phi) is 5.39. The third-order valence-electron chi connectivity index (χ3n) is 5.34. The molecule has 10 nitrogen and oxygen atoms in total. The number of anilines is 1. The first-order valence-corrected chi connectivity index (χ1v) is 11.8. The number of nitrogens with one attached hydrogen (secondary N) is 2. The summed E-state index contributed by atoms with van der Waals surface area (Å²) in [5.74, 6) is 0.565. The molecule has 5 rings (SSSR count). The summed E-state index contributed by atoms with van der Waals surface area (Å²) in [6.45, 7) is 2.06. The number of nitrogens with zero attached hydrogens (tertiary/aromatic N) is 3. The average Bonchev–Trinajstić information content (AvgIpc) is 3.48. The molecule has 0 amide bonds. The SMILES string of the molecule is COc1ccc(Cl)cc1S(=O)(=O)Nc1noc2cc(Cn3cc4c(n3)CNC4)cc(OC)c12. The van der Waals surface area contributed by atoms with Crippen LogP contribution in [-0.4, -0.2) is 37.6 Å². The van der Waals surface area contributed by atoms with Gasteiger partial charge in [0.1, 0.15) is 21.8 Å². The van der Waals surface area contributed by atoms with Crippen molar-refractivity contribution in [3.8, 4) is 11.5 Å². The largest absolute Gasteiger partial charge is 0.496 e. The van der Waals surface area contributed by atoms with E-state index in [4.69, 9.17) is 25.6 Å². The van der Waals surface area contributed by atoms with Gasteiger partial charge in [-0.1, -0.05) is 16.8 Å². The van der Waals surface area contributed by atoms with Crippen molar-refractivity contribution in [1.29, 1.82) is 0 Å². The van der Waals surface area contributed by atoms with Gasteiger partial charge >= 0.3 is 0 Å². The van der Waals surface area contributed by atoms with Crippen molar-refractivity contribution in [2.75, 3.05) is 18.9 Å². The van der Waals surface area contributed by atoms with Gasteiger partial charge in [-0.05, 0) is 35.9 Å². The highest BCUT2D eigenvalue weighted by atomic mass is 35.5. The standard InChI is InChI=1S/C21H20ClN5O5S/c1-30-16-4-3-14(22)7-19(16)33(28,29)26-21-20-17(31-2)5-12(6-18(20)32-25-21)10-27-11-13-8-23-9-15(13)24-27/h3-7,11,23H,8-10H2,1-2H3,(H,25,26). The second-order valence-corrected chi connectivity index (χ2v) is 9.59. The van der Waals surface area contributed by atoms with Crippen molar-refractivity contribution in [2.24, 2.45) is 0 Å². The summed E-state index contributed by atoms with van der Waals surface area (Å²) in [4.78, 5) is -0.120. The lowest BCUT2D eigenvalue weighted by Crippen LogP contribution is -2.14. The Morgan fingerprint density at radius 2 is 2.00 bits per heavy atom. The third-order valence-corrected chi connectivity index (χ3v) is 6.94. The Bertz CT molecular complexity index is 1440. The van der Waals surface area contributed by atoms with Crippen LogP contribution < -0.4 is 19.5 Å². The maximum absolute atomic E-state index is 13.1. The second-order valence-electron chi connectivity index (χ2n) is 7.51. The summed E-state index contributed by atoms with van der Waals surface area (Å²) in [5, 5.41) is 12.4. The average molecular weight is 490 g/mol. The van der Waals surface area contributed by atoms with Gasteiger partial charge in [-0.15, -0.1) is 0 Å². The fraction of sp³-hybridized carbons (Fsp3) is 0.238. The van der Waals surface area contributed by atoms with E-state index in [9.17, 15) is 8.42 Å². The van der Waals surface area contributed by atoms with E-state index in [0.717, 1.165) is 24.3 Å². The molecule has 0 fully saturated rings. The van der Waals surface area contributed by atoms with Gasteiger partial charge < -0.3 is 19.3 Å². The van der Waals surface area contributed by atoms with Crippen LogP contribution in [0, 0.1) is 0 Å². The van der Waals surface area contributed by atoms with E-state index in [1.807, 2.05) is 16.9 Å². The number of hydrogen-bond donors (Lipinski definition) is 2. The molecule has 0 atom stereocenters. The number of rotatable bonds is 7. The Morgan fingerprint density at radius 1 is 1.18 bits per heavy atom. The zero-order valence-electron chi connectivity index (χ0n) is 17.8. The van der Waals surface area contributed by atoms with Gasteiger partial charge in [0.15, 0.2) is 11.4 Å². The van der Waals surface area contributed by atoms with Gasteiger partial charge in [0.05, 0.1) is 26.5 Å². The molecular weight excluding hydrogens is 470 g/mol. The molecule has 172 valence electrons. The lowest BCUT2D eigenvalue weighted by Gasteiger charge is -2.11. The van der Waals surface area contributed by atoms with Crippen molar-refractivity contribution < 1.29 is 22.4 Å². The van der Waals surface area contributed by atoms with Crippen LogP contribution >= 0.6 is 11.6 Å². The first-order chi connectivity index (χ1) is 15.9. The summed E-state index contributed by atoms with van der Waals surface area (Å²) in [6, 6.07) is 7.92. The van der Waals surface area contributed by atoms with Crippen LogP contribution in [0.1, 0.15) is 16.8 Å². The molecule has 0 aliphatic carbocycles. The fourth-order valence-corrected chi connectivity index (χ4v) is 5.28. The Balaban J connectivity index is 1.49. The molecule has 0 saturated carbocycles. The van der Waals surface area contributed by atoms with Crippen molar-refractivity contribution in [3.63, 3.8) is 0 Å². The Morgan fingerprint density at radius 3 is 2.76 bits per heavy atom. The first-order valence-electron chi connectivity index (χ1n) is 9.96. The minimum atomic E-state index is -4.08. The zero-order chi connectivity index (χ0) is 23.2. The van der Waals surface area contributed by atoms with Crippen LogP contribution in [0.5, 0.6) is 11.5 Å². The normalized spacial score (nSPS) is 13.3. The zero-order valence-corrected chi connectivity index (χ0v) is 19.3. The number of aromatic nitrogens is 3. The van der Waals surface area contributed by atoms with Crippen LogP contribution in [0.3, 0.4) is 0 Å². The van der Waals surface area contributed by atoms with Crippen molar-refractivity contribution in [1.82, 2.24) is 20.3 Å². The highest BCUT2D eigenvalue weighted by Crippen LogP contribution is 2.36. The lowest BCUT2D eigenvalue weighted by molar-refractivity contribution is 0.403. The van der Waals surface area contributed by atoms with E-state index in [1.54, 1.807) is 12.1 Å². The van der Waals surface area contributed by atoms with E-state index >= 15 is 0 Å². The maximum Gasteiger partial charge on any atom is 0.266 e. The van der Waals surface area contributed by atoms with Crippen molar-refractivity contribution in [2.45, 2.75) is 24.5 Å². The highest BCUT2D eigenvalue weighted by Gasteiger charge is 2.25. The van der Waals surface area contributed by atoms with E-state index in [0.29, 0.717) is 23.3 Å². The molecule has 0 spiro atoms. The number of hydrogen-bond acceptors (Lipinski definition) is 8. The van der Waals surface area contributed by atoms with Crippen molar-refractivity contribution >= 4 is 38.4 Å². The quantitative estimate of drug-likeness (QED) is 0.406. The summed E-state index contributed by atoms with van der Waals surface area (Å²) >= 11 is 6.00. The number of fused-ring (bicyclic) bond motifs is 2. The van der Waals surface area contributed by atoms with Gasteiger partial charge in [-0.2, -0.15) is 5.10 Å². The minimum Gasteiger partial charge on any atom is -0.496 e. The Hall–Kier alpha value is -3.28. The first kappa shape index (κ1) is 21.6. The summed E-state index contributed by atoms with van der Waals surface area (Å²) < 4.78 is 46.6. The van der Waals surface area contributed by atoms with Crippen molar-refractivity contribution in [3.05, 3.63) is 58.4 Å². The van der Waals surface area contributed by atoms with Gasteiger partial charge in [-0.3, -0.25) is 9.40 Å². The Labute approximate surface area is 194 Å². The molecule has 1 aliphatic heterocycles. The third kappa shape index (κ3) is 3.99. The van der Waals surface area contributed by atoms with Crippen LogP contribution in [0.2, 0.25) is 5.02 Å². The van der Waals surface area contributed by atoms with Crippen LogP contribution in [0.15, 0.2) is 45.9 Å². The highest BCUT2D eigenvalue weighted by molar-refractivity contribution is 7.92. The summed E-state index contributed by atoms with van der Waals surface area (Å²) in [7, 11) is -1.20. The van der Waals surface area contributed by atoms with E-state index in [1.165, 1.54) is 31.9 Å². The molecule has 4 aromatic rings. The van der Waals surface area contributed by atoms with Gasteiger partial charge in [0.2, 0.25) is 0 Å². The molecule has 3 heterocycles. The molecule has 0 saturated heterocycles. The topological polar surface area (TPSA) is 121 Å². The molecule has 0 unspecified atom stereocenters. The molecule has 12 heteroatoms. The molecule has 2 N–H and O–H groups in total. The molecule has 0 radical (unpaired) electrons. The molecule has 2 aromatic carbocycles. The maximum atomic E-state index is 13.1. The number of sulfonamides is 1. The number of ether oxygens (including phenoxy) is 2. The summed E-state index contributed by atoms with van der Waals surface area (Å²) in [6.07, 6.45) is 2.00. The molecule has 0 bridgehead atoms. The lowest BCUT2D eigenvalue weighted by atomic mass is 10.1. The number of benzene rings is 2. The smallest absolute Gasteiger partial charge is 0.266 e. The number of halogens is 1. The van der Waals surface area contributed by atoms with Gasteiger partial charge in [0, 0.05) is 29.9 Å². The predicted octanol–water partition coefficient (Wildman–Crippen LogP) is 3.15. The van der Waals surface area contributed by atoms with E-state index in [2.05, 4.69) is 20.3 Å². The van der Waals surface area contributed by atoms with E-state index in [-0.39, 0.29) is 21.5 Å². The monoisotopic (exact) mass is 489 g/mol. The molecule has 1 aliphatic rings. The van der Waals surface area contributed by atoms with Gasteiger partial charge in [0.25, 0.3) is 10.0 Å². The predicted molar refractivity (Wildman–Crippen MR) is 121 cm³/mol. The van der Waals surface area contributed by atoms with E-state index < -0.39 is 10.0 Å². The second kappa shape index (κ2) is 8.25. The number of methoxy groups -OCH3 is 2. The molecule has 2 aromatic heterocycles. The fourth-order valence-electron chi connectivity index (χ4n) is 3.84. The minimum absolute atomic E-state index is 0.000399. The van der Waals surface area contributed by atoms with Crippen LogP contribution in [0.25, 0.3) is 11.0 Å².